The Morgan fingerprint density at radius 1 is 1.18 bits per heavy atom. The Bertz CT molecular complexity index is 1220. The van der Waals surface area contributed by atoms with Crippen molar-refractivity contribution < 1.29 is 27.1 Å². The van der Waals surface area contributed by atoms with E-state index in [0.717, 1.165) is 18.2 Å². The fourth-order valence-corrected chi connectivity index (χ4v) is 3.65. The van der Waals surface area contributed by atoms with Crippen molar-refractivity contribution in [2.24, 2.45) is 0 Å². The van der Waals surface area contributed by atoms with Crippen LogP contribution in [0, 0.1) is 17.1 Å². The zero-order valence-electron chi connectivity index (χ0n) is 17.5. The van der Waals surface area contributed by atoms with Gasteiger partial charge in [-0.2, -0.15) is 18.4 Å². The van der Waals surface area contributed by atoms with Gasteiger partial charge in [-0.05, 0) is 54.6 Å². The summed E-state index contributed by atoms with van der Waals surface area (Å²) < 4.78 is 59.5. The topological polar surface area (TPSA) is 75.0 Å². The largest absolute Gasteiger partial charge is 0.490 e. The Balaban J connectivity index is 1.89. The van der Waals surface area contributed by atoms with Gasteiger partial charge < -0.3 is 10.1 Å². The number of hydrogen-bond donors (Lipinski definition) is 1. The van der Waals surface area contributed by atoms with Crippen molar-refractivity contribution in [2.45, 2.75) is 11.2 Å². The van der Waals surface area contributed by atoms with Gasteiger partial charge in [-0.15, -0.1) is 0 Å². The number of aromatic nitrogens is 1. The molecule has 0 fully saturated rings. The summed E-state index contributed by atoms with van der Waals surface area (Å²) in [5, 5.41) is 11.7. The van der Waals surface area contributed by atoms with Crippen LogP contribution in [0.1, 0.15) is 11.1 Å². The van der Waals surface area contributed by atoms with Crippen molar-refractivity contribution in [3.05, 3.63) is 84.2 Å². The van der Waals surface area contributed by atoms with E-state index in [1.807, 2.05) is 0 Å². The number of benzene rings is 2. The molecule has 10 heteroatoms. The SMILES string of the molecule is C=CCOc1ccc(-c2cc(C(F)(F)F)c(C#N)c(SCC(=O)Nc3ccc(F)cc3)n2)cc1. The molecule has 3 rings (SSSR count). The van der Waals surface area contributed by atoms with Crippen LogP contribution in [0.2, 0.25) is 0 Å². The fraction of sp³-hybridized carbons (Fsp3) is 0.125. The molecule has 1 amide bonds. The number of rotatable bonds is 8. The lowest BCUT2D eigenvalue weighted by atomic mass is 10.1. The molecule has 0 saturated carbocycles. The number of ether oxygens (including phenoxy) is 1. The summed E-state index contributed by atoms with van der Waals surface area (Å²) in [6, 6.07) is 13.6. The highest BCUT2D eigenvalue weighted by atomic mass is 32.2. The fourth-order valence-electron chi connectivity index (χ4n) is 2.85. The highest BCUT2D eigenvalue weighted by molar-refractivity contribution is 8.00. The minimum atomic E-state index is -4.80. The Labute approximate surface area is 197 Å². The predicted molar refractivity (Wildman–Crippen MR) is 121 cm³/mol. The molecular formula is C24H17F4N3O2S. The average molecular weight is 487 g/mol. The number of nitriles is 1. The quantitative estimate of drug-likeness (QED) is 0.237. The lowest BCUT2D eigenvalue weighted by Crippen LogP contribution is -2.15. The number of nitrogens with zero attached hydrogens (tertiary/aromatic N) is 2. The first-order chi connectivity index (χ1) is 16.2. The van der Waals surface area contributed by atoms with Crippen molar-refractivity contribution in [3.8, 4) is 23.1 Å². The van der Waals surface area contributed by atoms with Gasteiger partial charge in [0.25, 0.3) is 0 Å². The Kier molecular flexibility index (Phi) is 7.91. The van der Waals surface area contributed by atoms with E-state index in [1.54, 1.807) is 36.4 Å². The number of amides is 1. The number of halogens is 4. The number of pyridine rings is 1. The summed E-state index contributed by atoms with van der Waals surface area (Å²) in [5.41, 5.74) is -1.12. The van der Waals surface area contributed by atoms with Gasteiger partial charge in [-0.1, -0.05) is 24.4 Å². The van der Waals surface area contributed by atoms with Crippen LogP contribution in [0.4, 0.5) is 23.2 Å². The van der Waals surface area contributed by atoms with Crippen LogP contribution in [-0.4, -0.2) is 23.3 Å². The van der Waals surface area contributed by atoms with E-state index < -0.39 is 29.0 Å². The third-order valence-electron chi connectivity index (χ3n) is 4.39. The number of thioether (sulfide) groups is 1. The standard InChI is InChI=1S/C24H17F4N3O2S/c1-2-11-33-18-9-3-15(4-10-18)21-12-20(24(26,27)28)19(13-29)23(31-21)34-14-22(32)30-17-7-5-16(25)6-8-17/h2-10,12H,1,11,14H2,(H,30,32). The van der Waals surface area contributed by atoms with Crippen LogP contribution in [0.15, 0.2) is 72.3 Å². The molecule has 0 bridgehead atoms. The Morgan fingerprint density at radius 2 is 1.85 bits per heavy atom. The van der Waals surface area contributed by atoms with Gasteiger partial charge in [-0.3, -0.25) is 4.79 Å². The second kappa shape index (κ2) is 10.9. The molecule has 174 valence electrons. The van der Waals surface area contributed by atoms with Gasteiger partial charge in [0.1, 0.15) is 29.3 Å². The third-order valence-corrected chi connectivity index (χ3v) is 5.36. The minimum absolute atomic E-state index is 0.0111. The van der Waals surface area contributed by atoms with Crippen molar-refractivity contribution in [1.82, 2.24) is 4.98 Å². The lowest BCUT2D eigenvalue weighted by Gasteiger charge is -2.14. The molecule has 5 nitrogen and oxygen atoms in total. The van der Waals surface area contributed by atoms with Crippen LogP contribution in [-0.2, 0) is 11.0 Å². The summed E-state index contributed by atoms with van der Waals surface area (Å²) >= 11 is 0.700. The number of hydrogen-bond acceptors (Lipinski definition) is 5. The maximum absolute atomic E-state index is 13.7. The van der Waals surface area contributed by atoms with Gasteiger partial charge in [0, 0.05) is 11.3 Å². The molecule has 0 aliphatic heterocycles. The van der Waals surface area contributed by atoms with Crippen LogP contribution in [0.3, 0.4) is 0 Å². The summed E-state index contributed by atoms with van der Waals surface area (Å²) in [5.74, 6) is -0.842. The van der Waals surface area contributed by atoms with E-state index in [9.17, 15) is 27.6 Å². The van der Waals surface area contributed by atoms with Gasteiger partial charge in [0.15, 0.2) is 0 Å². The van der Waals surface area contributed by atoms with E-state index in [2.05, 4.69) is 16.9 Å². The van der Waals surface area contributed by atoms with Gasteiger partial charge in [-0.25, -0.2) is 9.37 Å². The molecule has 1 heterocycles. The molecular weight excluding hydrogens is 470 g/mol. The van der Waals surface area contributed by atoms with Crippen LogP contribution in [0.5, 0.6) is 5.75 Å². The smallest absolute Gasteiger partial charge is 0.417 e. The first-order valence-electron chi connectivity index (χ1n) is 9.76. The molecule has 1 aromatic heterocycles. The zero-order chi connectivity index (χ0) is 24.7. The molecule has 0 aliphatic carbocycles. The van der Waals surface area contributed by atoms with E-state index in [0.29, 0.717) is 28.8 Å². The van der Waals surface area contributed by atoms with E-state index in [1.165, 1.54) is 12.1 Å². The second-order valence-electron chi connectivity index (χ2n) is 6.81. The average Bonchev–Trinajstić information content (AvgIpc) is 2.82. The molecule has 1 N–H and O–H groups in total. The molecule has 0 saturated heterocycles. The molecule has 0 radical (unpaired) electrons. The highest BCUT2D eigenvalue weighted by Gasteiger charge is 2.36. The van der Waals surface area contributed by atoms with Crippen molar-refractivity contribution in [3.63, 3.8) is 0 Å². The minimum Gasteiger partial charge on any atom is -0.490 e. The van der Waals surface area contributed by atoms with Crippen LogP contribution in [0.25, 0.3) is 11.3 Å². The Hall–Kier alpha value is -3.84. The van der Waals surface area contributed by atoms with E-state index in [-0.39, 0.29) is 23.1 Å². The third kappa shape index (κ3) is 6.36. The second-order valence-corrected chi connectivity index (χ2v) is 7.78. The number of carbonyl (C=O) groups excluding carboxylic acids is 1. The van der Waals surface area contributed by atoms with Gasteiger partial charge in [0.2, 0.25) is 5.91 Å². The monoisotopic (exact) mass is 487 g/mol. The first-order valence-corrected chi connectivity index (χ1v) is 10.7. The maximum atomic E-state index is 13.7. The normalized spacial score (nSPS) is 10.9. The maximum Gasteiger partial charge on any atom is 0.417 e. The lowest BCUT2D eigenvalue weighted by molar-refractivity contribution is -0.138. The van der Waals surface area contributed by atoms with Gasteiger partial charge in [0.05, 0.1) is 22.6 Å². The van der Waals surface area contributed by atoms with Gasteiger partial charge >= 0.3 is 6.18 Å². The first kappa shape index (κ1) is 24.8. The molecule has 0 spiro atoms. The zero-order valence-corrected chi connectivity index (χ0v) is 18.3. The van der Waals surface area contributed by atoms with E-state index in [4.69, 9.17) is 4.74 Å². The molecule has 2 aromatic carbocycles. The van der Waals surface area contributed by atoms with Crippen LogP contribution >= 0.6 is 11.8 Å². The van der Waals surface area contributed by atoms with E-state index >= 15 is 0 Å². The summed E-state index contributed by atoms with van der Waals surface area (Å²) in [6.45, 7) is 3.81. The summed E-state index contributed by atoms with van der Waals surface area (Å²) in [7, 11) is 0. The van der Waals surface area contributed by atoms with Crippen molar-refractivity contribution in [2.75, 3.05) is 17.7 Å². The molecule has 34 heavy (non-hydrogen) atoms. The molecule has 3 aromatic rings. The molecule has 0 aliphatic rings. The predicted octanol–water partition coefficient (Wildman–Crippen LogP) is 6.07. The number of nitrogens with one attached hydrogen (secondary N) is 1. The number of alkyl halides is 3. The number of anilines is 1. The van der Waals surface area contributed by atoms with Crippen molar-refractivity contribution in [1.29, 1.82) is 5.26 Å². The van der Waals surface area contributed by atoms with Crippen LogP contribution < -0.4 is 10.1 Å². The number of carbonyl (C=O) groups is 1. The summed E-state index contributed by atoms with van der Waals surface area (Å²) in [4.78, 5) is 16.5. The molecule has 0 unspecified atom stereocenters. The highest BCUT2D eigenvalue weighted by Crippen LogP contribution is 2.38. The Morgan fingerprint density at radius 3 is 2.44 bits per heavy atom. The molecule has 0 atom stereocenters. The van der Waals surface area contributed by atoms with Crippen molar-refractivity contribution >= 4 is 23.4 Å². The summed E-state index contributed by atoms with van der Waals surface area (Å²) in [6.07, 6.45) is -3.25.